The Morgan fingerprint density at radius 1 is 1.13 bits per heavy atom. The van der Waals surface area contributed by atoms with Crippen LogP contribution in [-0.2, 0) is 24.1 Å². The van der Waals surface area contributed by atoms with Crippen LogP contribution in [0.25, 0.3) is 0 Å². The lowest BCUT2D eigenvalue weighted by molar-refractivity contribution is -0.150. The lowest BCUT2D eigenvalue weighted by Crippen LogP contribution is -2.33. The third-order valence-corrected chi connectivity index (χ3v) is 6.34. The Kier molecular flexibility index (Phi) is 4.10. The van der Waals surface area contributed by atoms with Crippen LogP contribution in [-0.4, -0.2) is 29.5 Å². The van der Waals surface area contributed by atoms with Gasteiger partial charge in [0.1, 0.15) is 0 Å². The third-order valence-electron chi connectivity index (χ3n) is 4.66. The molecular weight excluding hydrogens is 314 g/mol. The fourth-order valence-electron chi connectivity index (χ4n) is 3.57. The van der Waals surface area contributed by atoms with Crippen molar-refractivity contribution < 1.29 is 18.5 Å². The highest BCUT2D eigenvalue weighted by atomic mass is 32.2. The molecule has 0 radical (unpaired) electrons. The molecule has 5 nitrogen and oxygen atoms in total. The molecule has 1 saturated carbocycles. The Balaban J connectivity index is 1.94. The minimum Gasteiger partial charge on any atom is -0.469 e. The first-order valence-electron chi connectivity index (χ1n) is 7.51. The molecule has 1 aromatic carbocycles. The first-order chi connectivity index (χ1) is 10.9. The molecule has 122 valence electrons. The molecule has 2 aliphatic carbocycles. The molecule has 23 heavy (non-hydrogen) atoms. The molecule has 0 saturated heterocycles. The molecule has 0 spiro atoms. The molecule has 5 atom stereocenters. The molecule has 2 aliphatic rings. The van der Waals surface area contributed by atoms with Gasteiger partial charge in [0, 0.05) is 11.2 Å². The Bertz CT molecular complexity index is 777. The molecule has 0 heterocycles. The largest absolute Gasteiger partial charge is 0.469 e. The van der Waals surface area contributed by atoms with Crippen molar-refractivity contribution in [3.05, 3.63) is 42.5 Å². The van der Waals surface area contributed by atoms with Crippen molar-refractivity contribution in [2.45, 2.75) is 11.3 Å². The van der Waals surface area contributed by atoms with Crippen molar-refractivity contribution in [2.24, 2.45) is 28.0 Å². The van der Waals surface area contributed by atoms with E-state index in [2.05, 4.69) is 4.36 Å². The van der Waals surface area contributed by atoms with Gasteiger partial charge < -0.3 is 4.74 Å². The third kappa shape index (κ3) is 2.83. The van der Waals surface area contributed by atoms with Crippen molar-refractivity contribution in [3.8, 4) is 0 Å². The summed E-state index contributed by atoms with van der Waals surface area (Å²) in [6.45, 7) is 0. The van der Waals surface area contributed by atoms with E-state index in [1.165, 1.54) is 13.4 Å². The summed E-state index contributed by atoms with van der Waals surface area (Å²) >= 11 is 0. The Hall–Kier alpha value is -1.95. The lowest BCUT2D eigenvalue weighted by atomic mass is 9.82. The van der Waals surface area contributed by atoms with Gasteiger partial charge in [0.15, 0.2) is 0 Å². The van der Waals surface area contributed by atoms with Crippen molar-refractivity contribution >= 4 is 21.6 Å². The lowest BCUT2D eigenvalue weighted by Gasteiger charge is -2.23. The second kappa shape index (κ2) is 5.92. The van der Waals surface area contributed by atoms with Crippen molar-refractivity contribution in [1.82, 2.24) is 0 Å². The van der Waals surface area contributed by atoms with Crippen LogP contribution < -0.4 is 0 Å². The second-order valence-corrected chi connectivity index (χ2v) is 8.33. The van der Waals surface area contributed by atoms with E-state index in [1.54, 1.807) is 24.3 Å². The molecule has 3 rings (SSSR count). The zero-order valence-electron chi connectivity index (χ0n) is 13.0. The number of hydrogen-bond donors (Lipinski definition) is 0. The number of carbonyl (C=O) groups is 2. The van der Waals surface area contributed by atoms with Crippen LogP contribution >= 0.6 is 0 Å². The fourth-order valence-corrected chi connectivity index (χ4v) is 4.81. The van der Waals surface area contributed by atoms with Gasteiger partial charge in [0.05, 0.1) is 28.7 Å². The number of rotatable bonds is 3. The molecule has 1 amide bonds. The van der Waals surface area contributed by atoms with Crippen LogP contribution in [0.15, 0.2) is 51.7 Å². The molecule has 2 bridgehead atoms. The van der Waals surface area contributed by atoms with Gasteiger partial charge >= 0.3 is 5.97 Å². The predicted molar refractivity (Wildman–Crippen MR) is 85.9 cm³/mol. The molecule has 6 heteroatoms. The number of fused-ring (bicyclic) bond motifs is 2. The maximum Gasteiger partial charge on any atom is 0.310 e. The number of methoxy groups -OCH3 is 1. The average Bonchev–Trinajstić information content (AvgIpc) is 3.15. The summed E-state index contributed by atoms with van der Waals surface area (Å²) in [7, 11) is -1.50. The van der Waals surface area contributed by atoms with Crippen LogP contribution in [0.2, 0.25) is 0 Å². The summed E-state index contributed by atoms with van der Waals surface area (Å²) in [6.07, 6.45) is 6.14. The van der Waals surface area contributed by atoms with Gasteiger partial charge in [-0.3, -0.25) is 9.59 Å². The molecular formula is C17H19NO4S. The van der Waals surface area contributed by atoms with Crippen LogP contribution in [0.4, 0.5) is 0 Å². The van der Waals surface area contributed by atoms with E-state index >= 15 is 0 Å². The smallest absolute Gasteiger partial charge is 0.310 e. The first-order valence-corrected chi connectivity index (χ1v) is 9.43. The van der Waals surface area contributed by atoms with Gasteiger partial charge in [-0.25, -0.2) is 4.21 Å². The maximum absolute atomic E-state index is 12.8. The topological polar surface area (TPSA) is 72.8 Å². The average molecular weight is 333 g/mol. The van der Waals surface area contributed by atoms with Gasteiger partial charge in [0.25, 0.3) is 5.91 Å². The van der Waals surface area contributed by atoms with Gasteiger partial charge in [-0.05, 0) is 30.4 Å². The molecule has 0 aliphatic heterocycles. The molecule has 0 N–H and O–H groups in total. The fraction of sp³-hybridized carbons (Fsp3) is 0.412. The first kappa shape index (κ1) is 15.9. The Morgan fingerprint density at radius 2 is 1.74 bits per heavy atom. The summed E-state index contributed by atoms with van der Waals surface area (Å²) in [5.41, 5.74) is 0. The summed E-state index contributed by atoms with van der Waals surface area (Å²) in [5, 5.41) is 0. The number of benzene rings is 1. The highest BCUT2D eigenvalue weighted by Gasteiger charge is 2.52. The molecule has 1 aromatic rings. The van der Waals surface area contributed by atoms with Crippen molar-refractivity contribution in [1.29, 1.82) is 0 Å². The van der Waals surface area contributed by atoms with Crippen molar-refractivity contribution in [3.63, 3.8) is 0 Å². The van der Waals surface area contributed by atoms with E-state index in [-0.39, 0.29) is 11.8 Å². The predicted octanol–water partition coefficient (Wildman–Crippen LogP) is 2.28. The summed E-state index contributed by atoms with van der Waals surface area (Å²) in [6, 6.07) is 8.72. The number of nitrogens with zero attached hydrogens (tertiary/aromatic N) is 1. The van der Waals surface area contributed by atoms with E-state index in [1.807, 2.05) is 18.2 Å². The van der Waals surface area contributed by atoms with Crippen LogP contribution in [0, 0.1) is 23.7 Å². The monoisotopic (exact) mass is 333 g/mol. The number of hydrogen-bond acceptors (Lipinski definition) is 4. The molecule has 1 fully saturated rings. The number of allylic oxidation sites excluding steroid dienone is 2. The van der Waals surface area contributed by atoms with E-state index in [0.717, 1.165) is 6.42 Å². The SMILES string of the molecule is COC(=O)[C@@H]1[C@@H](C(=O)N=S(C)(=O)c2ccccc2)[C@@H]2C=C[C@H]1C2. The van der Waals surface area contributed by atoms with E-state index in [0.29, 0.717) is 4.90 Å². The highest BCUT2D eigenvalue weighted by Crippen LogP contribution is 2.49. The standard InChI is InChI=1S/C17H19NO4S/c1-22-17(20)15-12-9-8-11(10-12)14(15)16(19)18-23(2,21)13-6-4-3-5-7-13/h3-9,11-12,14-15H,10H2,1-2H3/t11-,12+,14+,15+,23?/m1/s1. The summed E-state index contributed by atoms with van der Waals surface area (Å²) in [4.78, 5) is 25.2. The van der Waals surface area contributed by atoms with Crippen LogP contribution in [0.5, 0.6) is 0 Å². The zero-order chi connectivity index (χ0) is 16.6. The molecule has 0 aromatic heterocycles. The zero-order valence-corrected chi connectivity index (χ0v) is 13.9. The van der Waals surface area contributed by atoms with E-state index in [9.17, 15) is 13.8 Å². The highest BCUT2D eigenvalue weighted by molar-refractivity contribution is 7.93. The number of amides is 1. The van der Waals surface area contributed by atoms with E-state index < -0.39 is 33.4 Å². The summed E-state index contributed by atoms with van der Waals surface area (Å²) < 4.78 is 21.6. The minimum absolute atomic E-state index is 0.0150. The Morgan fingerprint density at radius 3 is 2.35 bits per heavy atom. The Labute approximate surface area is 135 Å². The summed E-state index contributed by atoms with van der Waals surface area (Å²) in [5.74, 6) is -1.95. The second-order valence-electron chi connectivity index (χ2n) is 6.07. The van der Waals surface area contributed by atoms with E-state index in [4.69, 9.17) is 4.74 Å². The minimum atomic E-state index is -2.82. The number of carbonyl (C=O) groups excluding carboxylic acids is 2. The quantitative estimate of drug-likeness (QED) is 0.628. The van der Waals surface area contributed by atoms with Gasteiger partial charge in [-0.1, -0.05) is 30.4 Å². The van der Waals surface area contributed by atoms with Gasteiger partial charge in [0.2, 0.25) is 0 Å². The number of ether oxygens (including phenoxy) is 1. The van der Waals surface area contributed by atoms with Gasteiger partial charge in [-0.15, -0.1) is 0 Å². The molecule has 1 unspecified atom stereocenters. The van der Waals surface area contributed by atoms with Crippen LogP contribution in [0.3, 0.4) is 0 Å². The van der Waals surface area contributed by atoms with Crippen LogP contribution in [0.1, 0.15) is 6.42 Å². The van der Waals surface area contributed by atoms with Gasteiger partial charge in [-0.2, -0.15) is 4.36 Å². The number of esters is 1. The normalized spacial score (nSPS) is 30.7. The van der Waals surface area contributed by atoms with Crippen molar-refractivity contribution in [2.75, 3.05) is 13.4 Å². The maximum atomic E-state index is 12.8.